The van der Waals surface area contributed by atoms with Crippen LogP contribution in [0.2, 0.25) is 5.02 Å². The van der Waals surface area contributed by atoms with Crippen molar-refractivity contribution in [1.29, 1.82) is 0 Å². The summed E-state index contributed by atoms with van der Waals surface area (Å²) in [5, 5.41) is 3.44. The van der Waals surface area contributed by atoms with Crippen molar-refractivity contribution in [3.63, 3.8) is 0 Å². The predicted octanol–water partition coefficient (Wildman–Crippen LogP) is 2.89. The van der Waals surface area contributed by atoms with E-state index in [9.17, 15) is 4.79 Å². The van der Waals surface area contributed by atoms with Crippen LogP contribution >= 0.6 is 11.6 Å². The van der Waals surface area contributed by atoms with Gasteiger partial charge in [0, 0.05) is 22.0 Å². The number of rotatable bonds is 3. The van der Waals surface area contributed by atoms with Crippen molar-refractivity contribution in [2.45, 2.75) is 13.8 Å². The number of aromatic nitrogens is 1. The van der Waals surface area contributed by atoms with Crippen molar-refractivity contribution in [3.05, 3.63) is 52.2 Å². The van der Waals surface area contributed by atoms with Crippen molar-refractivity contribution in [1.82, 2.24) is 4.98 Å². The van der Waals surface area contributed by atoms with E-state index in [4.69, 9.17) is 17.4 Å². The normalized spacial score (nSPS) is 10.2. The second-order valence-electron chi connectivity index (χ2n) is 4.39. The molecule has 0 aliphatic heterocycles. The first-order valence-corrected chi connectivity index (χ1v) is 6.41. The molecule has 2 aromatic rings. The fraction of sp³-hybridized carbons (Fsp3) is 0.143. The molecule has 0 saturated heterocycles. The SMILES string of the molecule is Cc1cc(C(=O)Nc2cccc(Cl)c2C)cc(NN)n1. The molecule has 4 N–H and O–H groups in total. The molecule has 5 nitrogen and oxygen atoms in total. The number of hydrogen-bond acceptors (Lipinski definition) is 4. The lowest BCUT2D eigenvalue weighted by atomic mass is 10.1. The molecule has 1 amide bonds. The third-order valence-electron chi connectivity index (χ3n) is 2.88. The largest absolute Gasteiger partial charge is 0.322 e. The minimum Gasteiger partial charge on any atom is -0.322 e. The van der Waals surface area contributed by atoms with E-state index in [1.165, 1.54) is 0 Å². The highest BCUT2D eigenvalue weighted by molar-refractivity contribution is 6.31. The molecule has 1 aromatic heterocycles. The van der Waals surface area contributed by atoms with Crippen LogP contribution in [0, 0.1) is 13.8 Å². The molecule has 6 heteroatoms. The highest BCUT2D eigenvalue weighted by atomic mass is 35.5. The number of hydrazine groups is 1. The lowest BCUT2D eigenvalue weighted by molar-refractivity contribution is 0.102. The fourth-order valence-electron chi connectivity index (χ4n) is 1.81. The number of benzene rings is 1. The minimum absolute atomic E-state index is 0.239. The zero-order chi connectivity index (χ0) is 14.7. The first-order chi connectivity index (χ1) is 9.51. The van der Waals surface area contributed by atoms with Gasteiger partial charge in [-0.3, -0.25) is 4.79 Å². The molecule has 0 radical (unpaired) electrons. The van der Waals surface area contributed by atoms with Crippen molar-refractivity contribution >= 4 is 29.0 Å². The van der Waals surface area contributed by atoms with Crippen LogP contribution in [0.4, 0.5) is 11.5 Å². The molecule has 0 aliphatic carbocycles. The maximum Gasteiger partial charge on any atom is 0.255 e. The van der Waals surface area contributed by atoms with Crippen LogP contribution in [0.15, 0.2) is 30.3 Å². The van der Waals surface area contributed by atoms with Gasteiger partial charge in [0.25, 0.3) is 5.91 Å². The van der Waals surface area contributed by atoms with E-state index in [1.54, 1.807) is 37.3 Å². The molecule has 0 spiro atoms. The molecule has 1 heterocycles. The molecule has 0 fully saturated rings. The van der Waals surface area contributed by atoms with E-state index in [-0.39, 0.29) is 5.91 Å². The van der Waals surface area contributed by atoms with Gasteiger partial charge in [-0.05, 0) is 43.7 Å². The smallest absolute Gasteiger partial charge is 0.255 e. The van der Waals surface area contributed by atoms with E-state index in [0.29, 0.717) is 27.8 Å². The number of carbonyl (C=O) groups is 1. The quantitative estimate of drug-likeness (QED) is 0.600. The molecule has 0 aliphatic rings. The fourth-order valence-corrected chi connectivity index (χ4v) is 1.99. The highest BCUT2D eigenvalue weighted by Crippen LogP contribution is 2.23. The first kappa shape index (κ1) is 14.3. The number of pyridine rings is 1. The van der Waals surface area contributed by atoms with Crippen molar-refractivity contribution in [2.75, 3.05) is 10.7 Å². The lowest BCUT2D eigenvalue weighted by Gasteiger charge is -2.10. The van der Waals surface area contributed by atoms with Gasteiger partial charge in [0.1, 0.15) is 5.82 Å². The van der Waals surface area contributed by atoms with Crippen LogP contribution in [0.3, 0.4) is 0 Å². The summed E-state index contributed by atoms with van der Waals surface area (Å²) in [5.41, 5.74) is 5.12. The van der Waals surface area contributed by atoms with Gasteiger partial charge in [0.2, 0.25) is 0 Å². The number of nitrogens with zero attached hydrogens (tertiary/aromatic N) is 1. The molecular weight excluding hydrogens is 276 g/mol. The maximum absolute atomic E-state index is 12.2. The van der Waals surface area contributed by atoms with E-state index in [0.717, 1.165) is 5.56 Å². The summed E-state index contributed by atoms with van der Waals surface area (Å²) in [7, 11) is 0. The van der Waals surface area contributed by atoms with E-state index < -0.39 is 0 Å². The Morgan fingerprint density at radius 1 is 1.30 bits per heavy atom. The maximum atomic E-state index is 12.2. The number of aryl methyl sites for hydroxylation is 1. The van der Waals surface area contributed by atoms with Crippen molar-refractivity contribution in [2.24, 2.45) is 5.84 Å². The molecule has 0 atom stereocenters. The number of anilines is 2. The Bertz CT molecular complexity index is 658. The standard InChI is InChI=1S/C14H15ClN4O/c1-8-6-10(7-13(17-8)19-16)14(20)18-12-5-3-4-11(15)9(12)2/h3-7H,16H2,1-2H3,(H,17,19)(H,18,20). The molecule has 0 bridgehead atoms. The molecular formula is C14H15ClN4O. The first-order valence-electron chi connectivity index (χ1n) is 6.03. The van der Waals surface area contributed by atoms with Gasteiger partial charge in [0.05, 0.1) is 0 Å². The zero-order valence-corrected chi connectivity index (χ0v) is 12.0. The van der Waals surface area contributed by atoms with E-state index >= 15 is 0 Å². The van der Waals surface area contributed by atoms with Crippen LogP contribution in [0.25, 0.3) is 0 Å². The Kier molecular flexibility index (Phi) is 4.22. The summed E-state index contributed by atoms with van der Waals surface area (Å²) < 4.78 is 0. The number of nitrogens with two attached hydrogens (primary N) is 1. The van der Waals surface area contributed by atoms with Crippen molar-refractivity contribution in [3.8, 4) is 0 Å². The van der Waals surface area contributed by atoms with Gasteiger partial charge in [0.15, 0.2) is 0 Å². The number of halogens is 1. The number of hydrogen-bond donors (Lipinski definition) is 3. The molecule has 20 heavy (non-hydrogen) atoms. The summed E-state index contributed by atoms with van der Waals surface area (Å²) in [6.45, 7) is 3.64. The number of carbonyl (C=O) groups excluding carboxylic acids is 1. The van der Waals surface area contributed by atoms with Crippen LogP contribution in [-0.4, -0.2) is 10.9 Å². The highest BCUT2D eigenvalue weighted by Gasteiger charge is 2.11. The van der Waals surface area contributed by atoms with Crippen LogP contribution in [0.1, 0.15) is 21.6 Å². The van der Waals surface area contributed by atoms with Crippen LogP contribution in [0.5, 0.6) is 0 Å². The summed E-state index contributed by atoms with van der Waals surface area (Å²) in [6.07, 6.45) is 0. The summed E-state index contributed by atoms with van der Waals surface area (Å²) in [5.74, 6) is 5.53. The second kappa shape index (κ2) is 5.90. The summed E-state index contributed by atoms with van der Waals surface area (Å²) in [6, 6.07) is 8.64. The molecule has 0 saturated carbocycles. The van der Waals surface area contributed by atoms with Gasteiger partial charge >= 0.3 is 0 Å². The predicted molar refractivity (Wildman–Crippen MR) is 80.9 cm³/mol. The number of amides is 1. The summed E-state index contributed by atoms with van der Waals surface area (Å²) in [4.78, 5) is 16.4. The van der Waals surface area contributed by atoms with Crippen molar-refractivity contribution < 1.29 is 4.79 Å². The third kappa shape index (κ3) is 3.07. The number of nitrogen functional groups attached to an aromatic ring is 1. The van der Waals surface area contributed by atoms with E-state index in [2.05, 4.69) is 15.7 Å². The van der Waals surface area contributed by atoms with Crippen LogP contribution in [-0.2, 0) is 0 Å². The van der Waals surface area contributed by atoms with Gasteiger partial charge in [-0.2, -0.15) is 0 Å². The van der Waals surface area contributed by atoms with Crippen LogP contribution < -0.4 is 16.6 Å². The Labute approximate surface area is 122 Å². The lowest BCUT2D eigenvalue weighted by Crippen LogP contribution is -2.15. The average Bonchev–Trinajstić information content (AvgIpc) is 2.43. The Hall–Kier alpha value is -2.11. The minimum atomic E-state index is -0.239. The third-order valence-corrected chi connectivity index (χ3v) is 3.29. The number of nitrogens with one attached hydrogen (secondary N) is 2. The average molecular weight is 291 g/mol. The van der Waals surface area contributed by atoms with E-state index in [1.807, 2.05) is 6.92 Å². The molecule has 0 unspecified atom stereocenters. The topological polar surface area (TPSA) is 80.0 Å². The molecule has 1 aromatic carbocycles. The summed E-state index contributed by atoms with van der Waals surface area (Å²) >= 11 is 6.03. The van der Waals surface area contributed by atoms with Gasteiger partial charge in [-0.15, -0.1) is 0 Å². The second-order valence-corrected chi connectivity index (χ2v) is 4.80. The Morgan fingerprint density at radius 3 is 2.75 bits per heavy atom. The van der Waals surface area contributed by atoms with Gasteiger partial charge in [-0.1, -0.05) is 17.7 Å². The monoisotopic (exact) mass is 290 g/mol. The van der Waals surface area contributed by atoms with Gasteiger partial charge in [-0.25, -0.2) is 10.8 Å². The Morgan fingerprint density at radius 2 is 2.05 bits per heavy atom. The Balaban J connectivity index is 2.28. The molecule has 104 valence electrons. The zero-order valence-electron chi connectivity index (χ0n) is 11.2. The molecule has 2 rings (SSSR count). The van der Waals surface area contributed by atoms with Gasteiger partial charge < -0.3 is 10.7 Å².